The Labute approximate surface area is 79.1 Å². The summed E-state index contributed by atoms with van der Waals surface area (Å²) >= 11 is 0. The summed E-state index contributed by atoms with van der Waals surface area (Å²) < 4.78 is 0. The zero-order chi connectivity index (χ0) is 9.83. The third-order valence-corrected chi connectivity index (χ3v) is 17.7. The van der Waals surface area contributed by atoms with Gasteiger partial charge in [-0.1, -0.05) is 33.5 Å². The van der Waals surface area contributed by atoms with E-state index in [1.807, 2.05) is 0 Å². The zero-order valence-corrected chi connectivity index (χ0v) is 11.4. The Balaban J connectivity index is 4.38. The first kappa shape index (κ1) is 12.4. The van der Waals surface area contributed by atoms with Crippen LogP contribution in [0.15, 0.2) is 0 Å². The first-order valence-corrected chi connectivity index (χ1v) is 11.9. The molecule has 74 valence electrons. The lowest BCUT2D eigenvalue weighted by Gasteiger charge is -2.39. The smallest absolute Gasteiger partial charge is 0.183 e. The Morgan fingerprint density at radius 1 is 0.833 bits per heavy atom. The van der Waals surface area contributed by atoms with E-state index in [9.17, 15) is 0 Å². The molecule has 4 heteroatoms. The van der Waals surface area contributed by atoms with Gasteiger partial charge in [0, 0.05) is 0 Å². The van der Waals surface area contributed by atoms with Gasteiger partial charge in [-0.05, 0) is 19.6 Å². The van der Waals surface area contributed by atoms with Crippen LogP contribution < -0.4 is 9.96 Å². The summed E-state index contributed by atoms with van der Waals surface area (Å²) in [5, 5.41) is 0. The van der Waals surface area contributed by atoms with Crippen molar-refractivity contribution in [3.8, 4) is 0 Å². The maximum Gasteiger partial charge on any atom is 0.183 e. The van der Waals surface area contributed by atoms with Gasteiger partial charge in [0.05, 0.1) is 7.59 Å². The Kier molecular flexibility index (Phi) is 4.69. The molecular formula is C8H24N2Si2. The van der Waals surface area contributed by atoms with Crippen molar-refractivity contribution in [3.05, 3.63) is 0 Å². The van der Waals surface area contributed by atoms with E-state index in [1.54, 1.807) is 0 Å². The van der Waals surface area contributed by atoms with Crippen LogP contribution in [0.5, 0.6) is 0 Å². The fraction of sp³-hybridized carbons (Fsp3) is 1.00. The summed E-state index contributed by atoms with van der Waals surface area (Å²) in [6.07, 6.45) is 0. The highest BCUT2D eigenvalue weighted by molar-refractivity contribution is 7.38. The lowest BCUT2D eigenvalue weighted by Crippen LogP contribution is -2.74. The molecule has 0 heterocycles. The highest BCUT2D eigenvalue weighted by atomic mass is 29.3. The van der Waals surface area contributed by atoms with E-state index in [4.69, 9.17) is 0 Å². The van der Waals surface area contributed by atoms with E-state index < -0.39 is 15.5 Å². The highest BCUT2D eigenvalue weighted by Crippen LogP contribution is 2.12. The number of rotatable bonds is 5. The number of nitrogens with one attached hydrogen (secondary N) is 2. The van der Waals surface area contributed by atoms with Crippen molar-refractivity contribution >= 4 is 15.5 Å². The fourth-order valence-corrected chi connectivity index (χ4v) is 8.14. The second-order valence-corrected chi connectivity index (χ2v) is 19.4. The van der Waals surface area contributed by atoms with Gasteiger partial charge in [-0.2, -0.15) is 0 Å². The lowest BCUT2D eigenvalue weighted by atomic mass is 10.8. The third-order valence-electron chi connectivity index (χ3n) is 2.56. The van der Waals surface area contributed by atoms with Crippen molar-refractivity contribution in [2.75, 3.05) is 13.1 Å². The maximum atomic E-state index is 3.69. The predicted molar refractivity (Wildman–Crippen MR) is 62.3 cm³/mol. The molecule has 0 aliphatic carbocycles. The molecule has 0 fully saturated rings. The van der Waals surface area contributed by atoms with Gasteiger partial charge in [0.15, 0.2) is 7.91 Å². The van der Waals surface area contributed by atoms with Crippen LogP contribution >= 0.6 is 0 Å². The number of hydrogen-bond acceptors (Lipinski definition) is 2. The van der Waals surface area contributed by atoms with E-state index in [0.29, 0.717) is 0 Å². The van der Waals surface area contributed by atoms with Gasteiger partial charge < -0.3 is 9.96 Å². The molecule has 2 N–H and O–H groups in total. The summed E-state index contributed by atoms with van der Waals surface area (Å²) in [5.74, 6) is 0. The fourth-order valence-electron chi connectivity index (χ4n) is 1.30. The molecule has 0 aliphatic heterocycles. The van der Waals surface area contributed by atoms with E-state index in [2.05, 4.69) is 50.0 Å². The molecule has 0 saturated heterocycles. The van der Waals surface area contributed by atoms with Crippen molar-refractivity contribution in [1.82, 2.24) is 9.96 Å². The monoisotopic (exact) mass is 204 g/mol. The summed E-state index contributed by atoms with van der Waals surface area (Å²) in [6, 6.07) is 0. The molecule has 0 bridgehead atoms. The minimum absolute atomic E-state index is 1.04. The topological polar surface area (TPSA) is 24.1 Å². The standard InChI is InChI=1S/C8H24N2Si2/c1-7-9-12(6,10-8-2)11(3,4)5/h9-10H,7-8H2,1-6H3. The lowest BCUT2D eigenvalue weighted by molar-refractivity contribution is 0.880. The molecule has 0 amide bonds. The van der Waals surface area contributed by atoms with E-state index in [-0.39, 0.29) is 0 Å². The average molecular weight is 204 g/mol. The summed E-state index contributed by atoms with van der Waals surface area (Å²) in [6.45, 7) is 16.4. The molecule has 0 unspecified atom stereocenters. The zero-order valence-electron chi connectivity index (χ0n) is 9.41. The van der Waals surface area contributed by atoms with Crippen LogP contribution in [-0.2, 0) is 0 Å². The molecule has 0 spiro atoms. The Morgan fingerprint density at radius 3 is 1.33 bits per heavy atom. The molecule has 12 heavy (non-hydrogen) atoms. The molecule has 0 atom stereocenters. The Bertz CT molecular complexity index is 126. The van der Waals surface area contributed by atoms with Crippen LogP contribution in [0.4, 0.5) is 0 Å². The molecule has 0 saturated carbocycles. The SMILES string of the molecule is CCN[Si](C)(NCC)[Si](C)(C)C. The van der Waals surface area contributed by atoms with Gasteiger partial charge in [0.1, 0.15) is 0 Å². The molecule has 2 nitrogen and oxygen atoms in total. The van der Waals surface area contributed by atoms with Crippen LogP contribution in [0.3, 0.4) is 0 Å². The second kappa shape index (κ2) is 4.55. The van der Waals surface area contributed by atoms with Crippen LogP contribution in [0.25, 0.3) is 0 Å². The minimum atomic E-state index is -1.31. The van der Waals surface area contributed by atoms with Gasteiger partial charge >= 0.3 is 0 Å². The van der Waals surface area contributed by atoms with Gasteiger partial charge in [-0.3, -0.25) is 0 Å². The molecule has 0 aromatic carbocycles. The molecule has 0 aliphatic rings. The van der Waals surface area contributed by atoms with E-state index in [0.717, 1.165) is 13.1 Å². The molecule has 0 rings (SSSR count). The van der Waals surface area contributed by atoms with Crippen LogP contribution in [-0.4, -0.2) is 28.6 Å². The summed E-state index contributed by atoms with van der Waals surface area (Å²) in [4.78, 5) is 7.38. The minimum Gasteiger partial charge on any atom is -0.328 e. The van der Waals surface area contributed by atoms with Crippen molar-refractivity contribution < 1.29 is 0 Å². The summed E-state index contributed by atoms with van der Waals surface area (Å²) in [5.41, 5.74) is 0. The molecule has 0 aromatic heterocycles. The quantitative estimate of drug-likeness (QED) is 0.666. The Morgan fingerprint density at radius 2 is 1.17 bits per heavy atom. The van der Waals surface area contributed by atoms with Crippen molar-refractivity contribution in [1.29, 1.82) is 0 Å². The molecule has 0 aromatic rings. The molecule has 0 radical (unpaired) electrons. The predicted octanol–water partition coefficient (Wildman–Crippen LogP) is 1.69. The first-order chi connectivity index (χ1) is 5.37. The van der Waals surface area contributed by atoms with Crippen LogP contribution in [0, 0.1) is 0 Å². The average Bonchev–Trinajstić information content (AvgIpc) is 1.86. The van der Waals surface area contributed by atoms with Crippen LogP contribution in [0.1, 0.15) is 13.8 Å². The maximum absolute atomic E-state index is 3.69. The highest BCUT2D eigenvalue weighted by Gasteiger charge is 2.40. The summed E-state index contributed by atoms with van der Waals surface area (Å²) in [7, 11) is -2.35. The van der Waals surface area contributed by atoms with Crippen molar-refractivity contribution in [3.63, 3.8) is 0 Å². The van der Waals surface area contributed by atoms with Gasteiger partial charge in [-0.15, -0.1) is 0 Å². The second-order valence-electron chi connectivity index (χ2n) is 4.44. The first-order valence-electron chi connectivity index (χ1n) is 4.87. The third kappa shape index (κ3) is 3.01. The van der Waals surface area contributed by atoms with Gasteiger partial charge in [0.25, 0.3) is 0 Å². The van der Waals surface area contributed by atoms with Crippen molar-refractivity contribution in [2.45, 2.75) is 40.0 Å². The molecular weight excluding hydrogens is 180 g/mol. The normalized spacial score (nSPS) is 13.5. The van der Waals surface area contributed by atoms with Gasteiger partial charge in [0.2, 0.25) is 0 Å². The van der Waals surface area contributed by atoms with E-state index >= 15 is 0 Å². The van der Waals surface area contributed by atoms with Crippen LogP contribution in [0.2, 0.25) is 26.2 Å². The van der Waals surface area contributed by atoms with Crippen molar-refractivity contribution in [2.24, 2.45) is 0 Å². The Hall–Kier alpha value is 0.354. The van der Waals surface area contributed by atoms with E-state index in [1.165, 1.54) is 0 Å². The van der Waals surface area contributed by atoms with Gasteiger partial charge in [-0.25, -0.2) is 0 Å². The largest absolute Gasteiger partial charge is 0.328 e. The number of hydrogen-bond donors (Lipinski definition) is 2.